The summed E-state index contributed by atoms with van der Waals surface area (Å²) in [5, 5.41) is 9.55. The van der Waals surface area contributed by atoms with Crippen LogP contribution in [0.15, 0.2) is 0 Å². The summed E-state index contributed by atoms with van der Waals surface area (Å²) in [6.07, 6.45) is 3.35. The molecule has 2 fully saturated rings. The van der Waals surface area contributed by atoms with Crippen LogP contribution in [0.3, 0.4) is 0 Å². The number of piperidine rings is 1. The first-order valence-corrected chi connectivity index (χ1v) is 5.20. The van der Waals surface area contributed by atoms with Crippen molar-refractivity contribution in [3.8, 4) is 0 Å². The van der Waals surface area contributed by atoms with Crippen molar-refractivity contribution in [1.29, 1.82) is 0 Å². The molecule has 1 N–H and O–H groups in total. The molecule has 0 spiro atoms. The van der Waals surface area contributed by atoms with E-state index in [0.717, 1.165) is 25.7 Å². The van der Waals surface area contributed by atoms with Crippen molar-refractivity contribution in [3.63, 3.8) is 0 Å². The quantitative estimate of drug-likeness (QED) is 0.688. The van der Waals surface area contributed by atoms with Crippen LogP contribution in [0.2, 0.25) is 0 Å². The fourth-order valence-corrected chi connectivity index (χ4v) is 2.75. The van der Waals surface area contributed by atoms with Crippen molar-refractivity contribution in [2.24, 2.45) is 0 Å². The number of carbonyl (C=O) groups is 1. The lowest BCUT2D eigenvalue weighted by Crippen LogP contribution is -2.49. The summed E-state index contributed by atoms with van der Waals surface area (Å²) in [6, 6.07) is 0.512. The fraction of sp³-hybridized carbons (Fsp3) is 0.900. The summed E-state index contributed by atoms with van der Waals surface area (Å²) in [6.45, 7) is 0.170. The minimum Gasteiger partial charge on any atom is -0.393 e. The molecule has 4 heteroatoms. The zero-order valence-electron chi connectivity index (χ0n) is 8.48. The zero-order valence-corrected chi connectivity index (χ0v) is 8.48. The molecule has 2 unspecified atom stereocenters. The normalized spacial score (nSPS) is 36.1. The van der Waals surface area contributed by atoms with Crippen LogP contribution in [-0.2, 0) is 9.53 Å². The molecule has 0 radical (unpaired) electrons. The minimum absolute atomic E-state index is 0.0758. The number of methoxy groups -OCH3 is 1. The predicted molar refractivity (Wildman–Crippen MR) is 50.8 cm³/mol. The molecular formula is C10H17NO3. The van der Waals surface area contributed by atoms with Gasteiger partial charge in [-0.3, -0.25) is 4.79 Å². The van der Waals surface area contributed by atoms with E-state index in [-0.39, 0.29) is 30.7 Å². The van der Waals surface area contributed by atoms with Gasteiger partial charge in [-0.2, -0.15) is 0 Å². The first-order chi connectivity index (χ1) is 6.72. The van der Waals surface area contributed by atoms with E-state index in [2.05, 4.69) is 0 Å². The molecule has 0 aromatic heterocycles. The summed E-state index contributed by atoms with van der Waals surface area (Å²) in [5.41, 5.74) is 0. The Labute approximate surface area is 83.8 Å². The van der Waals surface area contributed by atoms with Crippen molar-refractivity contribution >= 4 is 5.91 Å². The summed E-state index contributed by atoms with van der Waals surface area (Å²) in [4.78, 5) is 13.6. The van der Waals surface area contributed by atoms with Crippen molar-refractivity contribution < 1.29 is 14.6 Å². The summed E-state index contributed by atoms with van der Waals surface area (Å²) in [5.74, 6) is 0.0758. The Kier molecular flexibility index (Phi) is 2.74. The first kappa shape index (κ1) is 9.93. The number of hydrogen-bond donors (Lipinski definition) is 1. The minimum atomic E-state index is -0.209. The molecule has 0 aromatic rings. The molecular weight excluding hydrogens is 182 g/mol. The standard InChI is InChI=1S/C10H17NO3/c1-14-6-10(13)11-7-2-3-8(11)5-9(12)4-7/h7-9,12H,2-6H2,1H3. The maximum Gasteiger partial charge on any atom is 0.249 e. The van der Waals surface area contributed by atoms with Crippen LogP contribution in [-0.4, -0.2) is 47.8 Å². The van der Waals surface area contributed by atoms with E-state index >= 15 is 0 Å². The molecule has 14 heavy (non-hydrogen) atoms. The van der Waals surface area contributed by atoms with Crippen molar-refractivity contribution in [2.45, 2.75) is 43.9 Å². The monoisotopic (exact) mass is 199 g/mol. The molecule has 1 amide bonds. The largest absolute Gasteiger partial charge is 0.393 e. The molecule has 2 aliphatic rings. The lowest BCUT2D eigenvalue weighted by molar-refractivity contribution is -0.141. The van der Waals surface area contributed by atoms with Gasteiger partial charge in [0.1, 0.15) is 6.61 Å². The molecule has 80 valence electrons. The molecule has 0 aromatic carbocycles. The average Bonchev–Trinajstić information content (AvgIpc) is 2.39. The number of nitrogens with zero attached hydrogens (tertiary/aromatic N) is 1. The van der Waals surface area contributed by atoms with Gasteiger partial charge in [0.15, 0.2) is 0 Å². The van der Waals surface area contributed by atoms with Crippen molar-refractivity contribution in [2.75, 3.05) is 13.7 Å². The van der Waals surface area contributed by atoms with E-state index < -0.39 is 0 Å². The molecule has 2 rings (SSSR count). The zero-order chi connectivity index (χ0) is 10.1. The third kappa shape index (κ3) is 1.64. The Morgan fingerprint density at radius 2 is 2.00 bits per heavy atom. The highest BCUT2D eigenvalue weighted by atomic mass is 16.5. The molecule has 2 saturated heterocycles. The van der Waals surface area contributed by atoms with Crippen LogP contribution in [0.4, 0.5) is 0 Å². The van der Waals surface area contributed by atoms with Gasteiger partial charge in [0.05, 0.1) is 6.10 Å². The number of ether oxygens (including phenoxy) is 1. The topological polar surface area (TPSA) is 49.8 Å². The number of hydrogen-bond acceptors (Lipinski definition) is 3. The van der Waals surface area contributed by atoms with Gasteiger partial charge in [-0.15, -0.1) is 0 Å². The Balaban J connectivity index is 2.03. The van der Waals surface area contributed by atoms with Gasteiger partial charge in [0.25, 0.3) is 0 Å². The van der Waals surface area contributed by atoms with E-state index in [1.54, 1.807) is 7.11 Å². The van der Waals surface area contributed by atoms with Gasteiger partial charge in [-0.1, -0.05) is 0 Å². The van der Waals surface area contributed by atoms with E-state index in [1.165, 1.54) is 0 Å². The first-order valence-electron chi connectivity index (χ1n) is 5.20. The molecule has 2 heterocycles. The molecule has 2 aliphatic heterocycles. The van der Waals surface area contributed by atoms with E-state index in [9.17, 15) is 9.90 Å². The van der Waals surface area contributed by atoms with E-state index in [0.29, 0.717) is 0 Å². The predicted octanol–water partition coefficient (Wildman–Crippen LogP) is 0.147. The second kappa shape index (κ2) is 3.87. The number of rotatable bonds is 2. The lowest BCUT2D eigenvalue weighted by Gasteiger charge is -2.37. The Morgan fingerprint density at radius 1 is 1.43 bits per heavy atom. The van der Waals surface area contributed by atoms with E-state index in [1.807, 2.05) is 4.90 Å². The maximum absolute atomic E-state index is 11.7. The molecule has 4 nitrogen and oxygen atoms in total. The van der Waals surface area contributed by atoms with Crippen LogP contribution in [0.25, 0.3) is 0 Å². The number of carbonyl (C=O) groups excluding carboxylic acids is 1. The van der Waals surface area contributed by atoms with Crippen LogP contribution in [0, 0.1) is 0 Å². The second-order valence-corrected chi connectivity index (χ2v) is 4.24. The number of amides is 1. The second-order valence-electron chi connectivity index (χ2n) is 4.24. The fourth-order valence-electron chi connectivity index (χ4n) is 2.75. The van der Waals surface area contributed by atoms with Crippen LogP contribution < -0.4 is 0 Å². The Hall–Kier alpha value is -0.610. The lowest BCUT2D eigenvalue weighted by atomic mass is 10.00. The average molecular weight is 199 g/mol. The highest BCUT2D eigenvalue weighted by Gasteiger charge is 2.42. The van der Waals surface area contributed by atoms with E-state index in [4.69, 9.17) is 4.74 Å². The van der Waals surface area contributed by atoms with Crippen LogP contribution in [0.5, 0.6) is 0 Å². The SMILES string of the molecule is COCC(=O)N1C2CCC1CC(O)C2. The number of aliphatic hydroxyl groups is 1. The van der Waals surface area contributed by atoms with Gasteiger partial charge >= 0.3 is 0 Å². The van der Waals surface area contributed by atoms with Crippen molar-refractivity contribution in [3.05, 3.63) is 0 Å². The van der Waals surface area contributed by atoms with Crippen LogP contribution >= 0.6 is 0 Å². The third-order valence-corrected chi connectivity index (χ3v) is 3.26. The third-order valence-electron chi connectivity index (χ3n) is 3.26. The van der Waals surface area contributed by atoms with Gasteiger partial charge in [-0.05, 0) is 25.7 Å². The van der Waals surface area contributed by atoms with Crippen molar-refractivity contribution in [1.82, 2.24) is 4.90 Å². The Morgan fingerprint density at radius 3 is 2.50 bits per heavy atom. The van der Waals surface area contributed by atoms with Gasteiger partial charge in [0.2, 0.25) is 5.91 Å². The smallest absolute Gasteiger partial charge is 0.249 e. The van der Waals surface area contributed by atoms with Crippen LogP contribution in [0.1, 0.15) is 25.7 Å². The highest BCUT2D eigenvalue weighted by Crippen LogP contribution is 2.35. The molecule has 2 bridgehead atoms. The summed E-state index contributed by atoms with van der Waals surface area (Å²) < 4.78 is 4.85. The maximum atomic E-state index is 11.7. The molecule has 0 aliphatic carbocycles. The summed E-state index contributed by atoms with van der Waals surface area (Å²) in [7, 11) is 1.54. The molecule has 2 atom stereocenters. The molecule has 0 saturated carbocycles. The van der Waals surface area contributed by atoms with Gasteiger partial charge < -0.3 is 14.7 Å². The van der Waals surface area contributed by atoms with Gasteiger partial charge in [-0.25, -0.2) is 0 Å². The number of aliphatic hydroxyl groups excluding tert-OH is 1. The number of fused-ring (bicyclic) bond motifs is 2. The van der Waals surface area contributed by atoms with Gasteiger partial charge in [0, 0.05) is 19.2 Å². The highest BCUT2D eigenvalue weighted by molar-refractivity contribution is 5.78. The summed E-state index contributed by atoms with van der Waals surface area (Å²) >= 11 is 0. The Bertz CT molecular complexity index is 217.